The van der Waals surface area contributed by atoms with E-state index < -0.39 is 15.2 Å². The van der Waals surface area contributed by atoms with E-state index in [9.17, 15) is 8.42 Å². The molecule has 1 fully saturated rings. The second-order valence-corrected chi connectivity index (χ2v) is 11.2. The zero-order chi connectivity index (χ0) is 20.7. The van der Waals surface area contributed by atoms with Crippen molar-refractivity contribution in [1.29, 1.82) is 0 Å². The van der Waals surface area contributed by atoms with Crippen LogP contribution in [0.25, 0.3) is 0 Å². The Balaban J connectivity index is 1.83. The standard InChI is InChI=1S/C21H40ClNO3S2/c1-2-3-4-5-6-7-8-9-10-11-12-13-14-15-16-26-21(27)23-20-18-28(24,25)17-19(20)22/h19-20H,2-18H2,1H3,(H,23,27). The molecule has 0 radical (unpaired) electrons. The van der Waals surface area contributed by atoms with Crippen molar-refractivity contribution < 1.29 is 13.2 Å². The maximum Gasteiger partial charge on any atom is 0.256 e. The molecule has 1 aliphatic heterocycles. The van der Waals surface area contributed by atoms with Gasteiger partial charge in [0, 0.05) is 0 Å². The van der Waals surface area contributed by atoms with Crippen LogP contribution in [0.15, 0.2) is 0 Å². The highest BCUT2D eigenvalue weighted by Gasteiger charge is 2.36. The molecule has 0 amide bonds. The second-order valence-electron chi connectivity index (χ2n) is 8.08. The number of ether oxygens (including phenoxy) is 1. The van der Waals surface area contributed by atoms with Crippen LogP contribution in [-0.2, 0) is 14.6 Å². The lowest BCUT2D eigenvalue weighted by Crippen LogP contribution is -2.40. The Morgan fingerprint density at radius 3 is 1.79 bits per heavy atom. The van der Waals surface area contributed by atoms with E-state index in [1.54, 1.807) is 0 Å². The van der Waals surface area contributed by atoms with Gasteiger partial charge in [0.15, 0.2) is 9.84 Å². The molecule has 1 saturated heterocycles. The summed E-state index contributed by atoms with van der Waals surface area (Å²) in [6, 6.07) is -0.337. The van der Waals surface area contributed by atoms with Gasteiger partial charge >= 0.3 is 0 Å². The number of alkyl halides is 1. The average molecular weight is 454 g/mol. The fourth-order valence-corrected chi connectivity index (χ4v) is 6.38. The highest BCUT2D eigenvalue weighted by molar-refractivity contribution is 7.91. The van der Waals surface area contributed by atoms with Crippen LogP contribution in [0, 0.1) is 0 Å². The SMILES string of the molecule is CCCCCCCCCCCCCCCCOC(=S)NC1CS(=O)(=O)CC1Cl. The maximum atomic E-state index is 11.5. The number of halogens is 1. The Bertz CT molecular complexity index is 514. The molecule has 28 heavy (non-hydrogen) atoms. The van der Waals surface area contributed by atoms with E-state index in [2.05, 4.69) is 12.2 Å². The molecule has 0 spiro atoms. The van der Waals surface area contributed by atoms with E-state index in [-0.39, 0.29) is 22.7 Å². The zero-order valence-electron chi connectivity index (χ0n) is 17.6. The number of thiocarbonyl (C=S) groups is 1. The third-order valence-electron chi connectivity index (χ3n) is 5.32. The fraction of sp³-hybridized carbons (Fsp3) is 0.952. The quantitative estimate of drug-likeness (QED) is 0.183. The molecular weight excluding hydrogens is 414 g/mol. The first-order valence-corrected chi connectivity index (χ1v) is 13.9. The molecule has 0 aromatic rings. The van der Waals surface area contributed by atoms with Crippen LogP contribution in [0.1, 0.15) is 96.8 Å². The van der Waals surface area contributed by atoms with Crippen LogP contribution in [0.5, 0.6) is 0 Å². The highest BCUT2D eigenvalue weighted by Crippen LogP contribution is 2.18. The Morgan fingerprint density at radius 2 is 1.36 bits per heavy atom. The summed E-state index contributed by atoms with van der Waals surface area (Å²) in [4.78, 5) is 0. The molecule has 1 aliphatic rings. The van der Waals surface area contributed by atoms with Gasteiger partial charge < -0.3 is 10.1 Å². The number of hydrogen-bond acceptors (Lipinski definition) is 4. The number of nitrogens with one attached hydrogen (secondary N) is 1. The van der Waals surface area contributed by atoms with E-state index in [0.29, 0.717) is 6.61 Å². The molecule has 2 atom stereocenters. The van der Waals surface area contributed by atoms with Gasteiger partial charge in [-0.3, -0.25) is 0 Å². The van der Waals surface area contributed by atoms with Crippen LogP contribution in [0.3, 0.4) is 0 Å². The Hall–Kier alpha value is -0.0700. The van der Waals surface area contributed by atoms with Crippen LogP contribution in [0.2, 0.25) is 0 Å². The van der Waals surface area contributed by atoms with Gasteiger partial charge in [-0.1, -0.05) is 90.4 Å². The van der Waals surface area contributed by atoms with Gasteiger partial charge in [-0.05, 0) is 18.6 Å². The maximum absolute atomic E-state index is 11.5. The van der Waals surface area contributed by atoms with E-state index >= 15 is 0 Å². The summed E-state index contributed by atoms with van der Waals surface area (Å²) in [5.41, 5.74) is 0. The summed E-state index contributed by atoms with van der Waals surface area (Å²) in [6.45, 7) is 2.85. The van der Waals surface area contributed by atoms with Gasteiger partial charge in [-0.15, -0.1) is 11.6 Å². The monoisotopic (exact) mass is 453 g/mol. The van der Waals surface area contributed by atoms with Crippen LogP contribution in [0.4, 0.5) is 0 Å². The van der Waals surface area contributed by atoms with Crippen LogP contribution < -0.4 is 5.32 Å². The largest absolute Gasteiger partial charge is 0.471 e. The molecule has 2 unspecified atom stereocenters. The van der Waals surface area contributed by atoms with E-state index in [1.807, 2.05) is 0 Å². The Kier molecular flexibility index (Phi) is 14.6. The predicted molar refractivity (Wildman–Crippen MR) is 124 cm³/mol. The first kappa shape index (κ1) is 26.0. The van der Waals surface area contributed by atoms with Crippen LogP contribution in [-0.4, -0.2) is 43.1 Å². The first-order valence-electron chi connectivity index (χ1n) is 11.2. The van der Waals surface area contributed by atoms with Crippen molar-refractivity contribution in [3.8, 4) is 0 Å². The Morgan fingerprint density at radius 1 is 0.893 bits per heavy atom. The zero-order valence-corrected chi connectivity index (χ0v) is 20.0. The lowest BCUT2D eigenvalue weighted by molar-refractivity contribution is 0.283. The lowest BCUT2D eigenvalue weighted by atomic mass is 10.0. The molecule has 1 heterocycles. The van der Waals surface area contributed by atoms with Gasteiger partial charge in [0.25, 0.3) is 5.17 Å². The summed E-state index contributed by atoms with van der Waals surface area (Å²) in [7, 11) is -3.05. The van der Waals surface area contributed by atoms with Crippen molar-refractivity contribution in [2.45, 2.75) is 108 Å². The number of rotatable bonds is 16. The summed E-state index contributed by atoms with van der Waals surface area (Å²) in [5.74, 6) is 0.0390. The van der Waals surface area contributed by atoms with E-state index in [1.165, 1.54) is 77.0 Å². The summed E-state index contributed by atoms with van der Waals surface area (Å²) in [6.07, 6.45) is 18.5. The molecule has 4 nitrogen and oxygen atoms in total. The molecule has 0 aliphatic carbocycles. The van der Waals surface area contributed by atoms with Gasteiger partial charge in [0.2, 0.25) is 0 Å². The van der Waals surface area contributed by atoms with Gasteiger partial charge in [-0.2, -0.15) is 0 Å². The van der Waals surface area contributed by atoms with Crippen molar-refractivity contribution in [3.63, 3.8) is 0 Å². The Labute approximate surface area is 183 Å². The topological polar surface area (TPSA) is 55.4 Å². The normalized spacial score (nSPS) is 20.9. The second kappa shape index (κ2) is 15.7. The molecule has 0 saturated carbocycles. The van der Waals surface area contributed by atoms with Crippen molar-refractivity contribution >= 4 is 38.8 Å². The minimum atomic E-state index is -3.05. The number of unbranched alkanes of at least 4 members (excludes halogenated alkanes) is 13. The number of hydrogen-bond donors (Lipinski definition) is 1. The van der Waals surface area contributed by atoms with Crippen molar-refractivity contribution in [3.05, 3.63) is 0 Å². The third-order valence-corrected chi connectivity index (χ3v) is 7.93. The molecule has 0 aromatic carbocycles. The van der Waals surface area contributed by atoms with Crippen LogP contribution >= 0.6 is 23.8 Å². The van der Waals surface area contributed by atoms with Crippen molar-refractivity contribution in [2.75, 3.05) is 18.1 Å². The minimum Gasteiger partial charge on any atom is -0.471 e. The van der Waals surface area contributed by atoms with E-state index in [4.69, 9.17) is 28.6 Å². The highest BCUT2D eigenvalue weighted by atomic mass is 35.5. The molecule has 1 rings (SSSR count). The molecule has 7 heteroatoms. The minimum absolute atomic E-state index is 0.00773. The smallest absolute Gasteiger partial charge is 0.256 e. The summed E-state index contributed by atoms with van der Waals surface area (Å²) >= 11 is 11.2. The van der Waals surface area contributed by atoms with Gasteiger partial charge in [0.1, 0.15) is 0 Å². The van der Waals surface area contributed by atoms with Crippen molar-refractivity contribution in [1.82, 2.24) is 5.32 Å². The fourth-order valence-electron chi connectivity index (χ4n) is 3.59. The molecule has 0 bridgehead atoms. The summed E-state index contributed by atoms with van der Waals surface area (Å²) in [5, 5.41) is 2.76. The number of sulfone groups is 1. The van der Waals surface area contributed by atoms with Gasteiger partial charge in [0.05, 0.1) is 29.5 Å². The lowest BCUT2D eigenvalue weighted by Gasteiger charge is -2.16. The van der Waals surface area contributed by atoms with E-state index in [0.717, 1.165) is 12.8 Å². The average Bonchev–Trinajstić information content (AvgIpc) is 2.89. The summed E-state index contributed by atoms with van der Waals surface area (Å²) < 4.78 is 28.6. The molecule has 1 N–H and O–H groups in total. The molecular formula is C21H40ClNO3S2. The predicted octanol–water partition coefficient (Wildman–Crippen LogP) is 5.76. The third kappa shape index (κ3) is 13.2. The molecule has 0 aromatic heterocycles. The van der Waals surface area contributed by atoms with Crippen molar-refractivity contribution in [2.24, 2.45) is 0 Å². The van der Waals surface area contributed by atoms with Gasteiger partial charge in [-0.25, -0.2) is 8.42 Å². The molecule has 166 valence electrons. The first-order chi connectivity index (χ1) is 13.4.